The number of nitrogens with zero attached hydrogens (tertiary/aromatic N) is 4. The summed E-state index contributed by atoms with van der Waals surface area (Å²) in [6.07, 6.45) is -1.71. The zero-order valence-corrected chi connectivity index (χ0v) is 21.3. The maximum atomic E-state index is 13.6. The highest BCUT2D eigenvalue weighted by molar-refractivity contribution is 7.92. The van der Waals surface area contributed by atoms with Crippen LogP contribution in [0.25, 0.3) is 0 Å². The minimum absolute atomic E-state index is 0.0723. The van der Waals surface area contributed by atoms with Crippen LogP contribution in [0.4, 0.5) is 42.1 Å². The van der Waals surface area contributed by atoms with Gasteiger partial charge in [0.25, 0.3) is 0 Å². The monoisotopic (exact) mass is 537 g/mol. The highest BCUT2D eigenvalue weighted by Gasteiger charge is 2.35. The Kier molecular flexibility index (Phi) is 8.21. The average molecular weight is 538 g/mol. The van der Waals surface area contributed by atoms with E-state index in [4.69, 9.17) is 0 Å². The highest BCUT2D eigenvalue weighted by atomic mass is 32.2. The number of rotatable bonds is 9. The maximum Gasteiger partial charge on any atom is 0.421 e. The Labute approximate surface area is 212 Å². The van der Waals surface area contributed by atoms with Crippen LogP contribution in [0.5, 0.6) is 0 Å². The molecule has 0 aliphatic rings. The summed E-state index contributed by atoms with van der Waals surface area (Å²) in [4.78, 5) is 23.6. The zero-order chi connectivity index (χ0) is 27.4. The number of pyridine rings is 1. The molecule has 14 heteroatoms. The van der Waals surface area contributed by atoms with Gasteiger partial charge in [-0.25, -0.2) is 18.4 Å². The van der Waals surface area contributed by atoms with Crippen molar-refractivity contribution >= 4 is 44.9 Å². The first-order valence-corrected chi connectivity index (χ1v) is 12.8. The van der Waals surface area contributed by atoms with E-state index in [1.54, 1.807) is 50.2 Å². The summed E-state index contributed by atoms with van der Waals surface area (Å²) in [5.41, 5.74) is 0.297. The quantitative estimate of drug-likeness (QED) is 0.370. The number of hydrogen-bond acceptors (Lipinski definition) is 8. The van der Waals surface area contributed by atoms with Crippen LogP contribution in [-0.4, -0.2) is 42.6 Å². The number of amides is 1. The molecule has 0 bridgehead atoms. The standard InChI is InChI=1S/C23H26F3N7O3S/c1-14(2)21(34)30-16-7-9-17(10-8-16)31-22-29-13-18(23(24,25)26)19(32-22)28-12-15-6-5-11-27-20(15)33(3)37(4,35)36/h5-11,13-14H,12H2,1-4H3,(H,30,34)(H2,28,29,31,32). The summed E-state index contributed by atoms with van der Waals surface area (Å²) in [5, 5.41) is 8.20. The molecule has 0 atom stereocenters. The van der Waals surface area contributed by atoms with E-state index in [1.807, 2.05) is 0 Å². The summed E-state index contributed by atoms with van der Waals surface area (Å²) < 4.78 is 65.7. The summed E-state index contributed by atoms with van der Waals surface area (Å²) >= 11 is 0. The Morgan fingerprint density at radius 1 is 1.08 bits per heavy atom. The van der Waals surface area contributed by atoms with Crippen molar-refractivity contribution in [2.45, 2.75) is 26.6 Å². The Balaban J connectivity index is 1.84. The van der Waals surface area contributed by atoms with Crippen molar-refractivity contribution in [3.8, 4) is 0 Å². The van der Waals surface area contributed by atoms with Crippen LogP contribution < -0.4 is 20.3 Å². The predicted octanol–water partition coefficient (Wildman–Crippen LogP) is 4.24. The molecule has 1 aromatic carbocycles. The van der Waals surface area contributed by atoms with Crippen LogP contribution in [0.3, 0.4) is 0 Å². The molecule has 0 saturated carbocycles. The molecule has 2 aromatic heterocycles. The highest BCUT2D eigenvalue weighted by Crippen LogP contribution is 2.34. The van der Waals surface area contributed by atoms with Crippen LogP contribution in [0, 0.1) is 5.92 Å². The molecular formula is C23H26F3N7O3S. The molecule has 37 heavy (non-hydrogen) atoms. The largest absolute Gasteiger partial charge is 0.421 e. The van der Waals surface area contributed by atoms with E-state index >= 15 is 0 Å². The normalized spacial score (nSPS) is 11.8. The van der Waals surface area contributed by atoms with Crippen molar-refractivity contribution in [2.75, 3.05) is 33.6 Å². The van der Waals surface area contributed by atoms with Crippen molar-refractivity contribution in [3.63, 3.8) is 0 Å². The lowest BCUT2D eigenvalue weighted by Gasteiger charge is -2.20. The molecule has 0 radical (unpaired) electrons. The molecule has 0 unspecified atom stereocenters. The minimum Gasteiger partial charge on any atom is -0.365 e. The number of aromatic nitrogens is 3. The SMILES string of the molecule is CC(C)C(=O)Nc1ccc(Nc2ncc(C(F)(F)F)c(NCc3cccnc3N(C)S(C)(=O)=O)n2)cc1. The second kappa shape index (κ2) is 11.0. The lowest BCUT2D eigenvalue weighted by molar-refractivity contribution is -0.137. The Bertz CT molecular complexity index is 1360. The van der Waals surface area contributed by atoms with Crippen molar-refractivity contribution in [3.05, 3.63) is 59.9 Å². The molecule has 1 amide bonds. The molecule has 2 heterocycles. The minimum atomic E-state index is -4.74. The van der Waals surface area contributed by atoms with E-state index in [0.29, 0.717) is 23.1 Å². The van der Waals surface area contributed by atoms with Crippen molar-refractivity contribution in [1.82, 2.24) is 15.0 Å². The van der Waals surface area contributed by atoms with E-state index in [1.165, 1.54) is 13.2 Å². The number of anilines is 5. The van der Waals surface area contributed by atoms with Gasteiger partial charge in [0.15, 0.2) is 0 Å². The van der Waals surface area contributed by atoms with Crippen LogP contribution >= 0.6 is 0 Å². The molecule has 198 valence electrons. The van der Waals surface area contributed by atoms with Gasteiger partial charge in [0.05, 0.1) is 6.26 Å². The summed E-state index contributed by atoms with van der Waals surface area (Å²) in [5.74, 6) is -0.874. The van der Waals surface area contributed by atoms with Gasteiger partial charge in [0.1, 0.15) is 17.2 Å². The number of sulfonamides is 1. The number of nitrogens with one attached hydrogen (secondary N) is 3. The lowest BCUT2D eigenvalue weighted by Crippen LogP contribution is -2.27. The topological polar surface area (TPSA) is 129 Å². The molecule has 0 fully saturated rings. The first-order valence-electron chi connectivity index (χ1n) is 11.0. The third-order valence-electron chi connectivity index (χ3n) is 5.14. The average Bonchev–Trinajstić information content (AvgIpc) is 2.82. The van der Waals surface area contributed by atoms with Gasteiger partial charge in [0.2, 0.25) is 21.9 Å². The van der Waals surface area contributed by atoms with Gasteiger partial charge in [0, 0.05) is 48.8 Å². The number of alkyl halides is 3. The Morgan fingerprint density at radius 2 is 1.73 bits per heavy atom. The molecule has 3 aromatic rings. The third-order valence-corrected chi connectivity index (χ3v) is 6.30. The van der Waals surface area contributed by atoms with Gasteiger partial charge in [-0.2, -0.15) is 18.2 Å². The van der Waals surface area contributed by atoms with E-state index in [-0.39, 0.29) is 30.1 Å². The third kappa shape index (κ3) is 7.29. The summed E-state index contributed by atoms with van der Waals surface area (Å²) in [6.45, 7) is 3.34. The number of carbonyl (C=O) groups excluding carboxylic acids is 1. The van der Waals surface area contributed by atoms with Crippen molar-refractivity contribution in [2.24, 2.45) is 5.92 Å². The fourth-order valence-electron chi connectivity index (χ4n) is 3.02. The van der Waals surface area contributed by atoms with Crippen LogP contribution in [0.15, 0.2) is 48.8 Å². The second-order valence-corrected chi connectivity index (χ2v) is 10.4. The lowest BCUT2D eigenvalue weighted by atomic mass is 10.2. The van der Waals surface area contributed by atoms with Gasteiger partial charge >= 0.3 is 6.18 Å². The molecule has 10 nitrogen and oxygen atoms in total. The van der Waals surface area contributed by atoms with E-state index in [0.717, 1.165) is 10.6 Å². The second-order valence-electron chi connectivity index (χ2n) is 8.37. The summed E-state index contributed by atoms with van der Waals surface area (Å²) in [7, 11) is -2.34. The molecule has 3 N–H and O–H groups in total. The number of carbonyl (C=O) groups is 1. The van der Waals surface area contributed by atoms with Crippen LogP contribution in [0.1, 0.15) is 25.0 Å². The molecule has 0 aliphatic heterocycles. The molecule has 0 aliphatic carbocycles. The van der Waals surface area contributed by atoms with Crippen LogP contribution in [0.2, 0.25) is 0 Å². The van der Waals surface area contributed by atoms with Gasteiger partial charge in [-0.05, 0) is 30.3 Å². The van der Waals surface area contributed by atoms with Crippen LogP contribution in [-0.2, 0) is 27.5 Å². The van der Waals surface area contributed by atoms with E-state index < -0.39 is 27.6 Å². The van der Waals surface area contributed by atoms with Crippen molar-refractivity contribution in [1.29, 1.82) is 0 Å². The van der Waals surface area contributed by atoms with Gasteiger partial charge < -0.3 is 16.0 Å². The van der Waals surface area contributed by atoms with Gasteiger partial charge in [-0.1, -0.05) is 19.9 Å². The molecular weight excluding hydrogens is 511 g/mol. The Morgan fingerprint density at radius 3 is 2.32 bits per heavy atom. The fourth-order valence-corrected chi connectivity index (χ4v) is 3.50. The molecule has 0 spiro atoms. The summed E-state index contributed by atoms with van der Waals surface area (Å²) in [6, 6.07) is 9.59. The van der Waals surface area contributed by atoms with Crippen molar-refractivity contribution < 1.29 is 26.4 Å². The molecule has 0 saturated heterocycles. The zero-order valence-electron chi connectivity index (χ0n) is 20.5. The van der Waals surface area contributed by atoms with E-state index in [2.05, 4.69) is 30.9 Å². The maximum absolute atomic E-state index is 13.6. The first-order chi connectivity index (χ1) is 17.3. The number of halogens is 3. The van der Waals surface area contributed by atoms with E-state index in [9.17, 15) is 26.4 Å². The fraction of sp³-hybridized carbons (Fsp3) is 0.304. The van der Waals surface area contributed by atoms with Gasteiger partial charge in [-0.3, -0.25) is 9.10 Å². The number of hydrogen-bond donors (Lipinski definition) is 3. The molecule has 3 rings (SSSR count). The first kappa shape index (κ1) is 27.6. The Hall–Kier alpha value is -3.94. The number of benzene rings is 1. The predicted molar refractivity (Wildman–Crippen MR) is 135 cm³/mol. The smallest absolute Gasteiger partial charge is 0.365 e. The van der Waals surface area contributed by atoms with Gasteiger partial charge in [-0.15, -0.1) is 0 Å².